The molecule has 8 heteroatoms. The number of nitrogens with zero attached hydrogens (tertiary/aromatic N) is 4. The standard InChI is InChI=1S/C13H14FN5OS/c14-9-1-3-10(4-2-9)15-12(20)7-8-21-13-16-17-18-19(13)11-5-6-11/h1-4,11H,5-8H2,(H,15,20). The Morgan fingerprint density at radius 1 is 1.38 bits per heavy atom. The third-order valence-corrected chi connectivity index (χ3v) is 3.98. The summed E-state index contributed by atoms with van der Waals surface area (Å²) in [6.45, 7) is 0. The Morgan fingerprint density at radius 2 is 2.14 bits per heavy atom. The molecule has 21 heavy (non-hydrogen) atoms. The van der Waals surface area contributed by atoms with Crippen LogP contribution in [0.1, 0.15) is 25.3 Å². The minimum atomic E-state index is -0.324. The molecule has 1 aliphatic rings. The van der Waals surface area contributed by atoms with E-state index in [4.69, 9.17) is 0 Å². The van der Waals surface area contributed by atoms with Crippen molar-refractivity contribution in [2.24, 2.45) is 0 Å². The zero-order valence-corrected chi connectivity index (χ0v) is 12.0. The van der Waals surface area contributed by atoms with Gasteiger partial charge in [-0.3, -0.25) is 4.79 Å². The summed E-state index contributed by atoms with van der Waals surface area (Å²) >= 11 is 1.47. The van der Waals surface area contributed by atoms with Gasteiger partial charge in [-0.1, -0.05) is 11.8 Å². The minimum Gasteiger partial charge on any atom is -0.326 e. The van der Waals surface area contributed by atoms with Crippen LogP contribution in [0.4, 0.5) is 10.1 Å². The molecule has 6 nitrogen and oxygen atoms in total. The van der Waals surface area contributed by atoms with Crippen LogP contribution < -0.4 is 5.32 Å². The summed E-state index contributed by atoms with van der Waals surface area (Å²) < 4.78 is 14.6. The molecule has 0 aliphatic heterocycles. The van der Waals surface area contributed by atoms with Gasteiger partial charge in [0.2, 0.25) is 11.1 Å². The first kappa shape index (κ1) is 14.0. The molecule has 0 atom stereocenters. The highest BCUT2D eigenvalue weighted by Gasteiger charge is 2.27. The summed E-state index contributed by atoms with van der Waals surface area (Å²) in [5.74, 6) is 0.162. The molecular weight excluding hydrogens is 293 g/mol. The highest BCUT2D eigenvalue weighted by atomic mass is 32.2. The highest BCUT2D eigenvalue weighted by Crippen LogP contribution is 2.36. The van der Waals surface area contributed by atoms with Crippen molar-refractivity contribution in [1.29, 1.82) is 0 Å². The van der Waals surface area contributed by atoms with E-state index in [1.165, 1.54) is 36.0 Å². The van der Waals surface area contributed by atoms with Crippen LogP contribution in [-0.2, 0) is 4.79 Å². The van der Waals surface area contributed by atoms with Gasteiger partial charge in [0, 0.05) is 17.9 Å². The van der Waals surface area contributed by atoms with E-state index < -0.39 is 0 Å². The van der Waals surface area contributed by atoms with E-state index in [1.54, 1.807) is 0 Å². The molecule has 0 radical (unpaired) electrons. The van der Waals surface area contributed by atoms with Crippen LogP contribution in [0.3, 0.4) is 0 Å². The fraction of sp³-hybridized carbons (Fsp3) is 0.385. The summed E-state index contributed by atoms with van der Waals surface area (Å²) in [7, 11) is 0. The lowest BCUT2D eigenvalue weighted by Gasteiger charge is -2.05. The monoisotopic (exact) mass is 307 g/mol. The first-order chi connectivity index (χ1) is 10.2. The van der Waals surface area contributed by atoms with Gasteiger partial charge >= 0.3 is 0 Å². The molecule has 1 amide bonds. The van der Waals surface area contributed by atoms with Crippen molar-refractivity contribution in [3.63, 3.8) is 0 Å². The van der Waals surface area contributed by atoms with Gasteiger partial charge in [-0.05, 0) is 47.5 Å². The second-order valence-electron chi connectivity index (χ2n) is 4.79. The third-order valence-electron chi connectivity index (χ3n) is 3.04. The highest BCUT2D eigenvalue weighted by molar-refractivity contribution is 7.99. The lowest BCUT2D eigenvalue weighted by Crippen LogP contribution is -2.12. The van der Waals surface area contributed by atoms with Gasteiger partial charge in [0.25, 0.3) is 0 Å². The van der Waals surface area contributed by atoms with Crippen molar-refractivity contribution >= 4 is 23.4 Å². The van der Waals surface area contributed by atoms with E-state index in [-0.39, 0.29) is 11.7 Å². The molecule has 1 aromatic carbocycles. The van der Waals surface area contributed by atoms with Crippen LogP contribution in [0.5, 0.6) is 0 Å². The fourth-order valence-electron chi connectivity index (χ4n) is 1.82. The Bertz CT molecular complexity index is 626. The molecular formula is C13H14FN5OS. The molecule has 1 heterocycles. The largest absolute Gasteiger partial charge is 0.326 e. The van der Waals surface area contributed by atoms with E-state index in [0.29, 0.717) is 23.9 Å². The Labute approximate surface area is 125 Å². The second-order valence-corrected chi connectivity index (χ2v) is 5.85. The van der Waals surface area contributed by atoms with Gasteiger partial charge in [-0.25, -0.2) is 9.07 Å². The van der Waals surface area contributed by atoms with Crippen LogP contribution >= 0.6 is 11.8 Å². The van der Waals surface area contributed by atoms with Gasteiger partial charge in [0.15, 0.2) is 0 Å². The summed E-state index contributed by atoms with van der Waals surface area (Å²) in [5, 5.41) is 15.1. The van der Waals surface area contributed by atoms with Crippen molar-refractivity contribution < 1.29 is 9.18 Å². The molecule has 1 fully saturated rings. The van der Waals surface area contributed by atoms with Gasteiger partial charge < -0.3 is 5.32 Å². The number of carbonyl (C=O) groups excluding carboxylic acids is 1. The van der Waals surface area contributed by atoms with Crippen molar-refractivity contribution in [2.45, 2.75) is 30.5 Å². The van der Waals surface area contributed by atoms with Gasteiger partial charge in [0.05, 0.1) is 6.04 Å². The first-order valence-corrected chi connectivity index (χ1v) is 7.67. The zero-order chi connectivity index (χ0) is 14.7. The van der Waals surface area contributed by atoms with E-state index in [0.717, 1.165) is 18.0 Å². The maximum absolute atomic E-state index is 12.8. The Morgan fingerprint density at radius 3 is 2.86 bits per heavy atom. The number of rotatable bonds is 6. The smallest absolute Gasteiger partial charge is 0.225 e. The number of amides is 1. The number of aromatic nitrogens is 4. The number of hydrogen-bond donors (Lipinski definition) is 1. The van der Waals surface area contributed by atoms with Gasteiger partial charge in [-0.2, -0.15) is 0 Å². The number of tetrazole rings is 1. The predicted octanol–water partition coefficient (Wildman–Crippen LogP) is 2.27. The Balaban J connectivity index is 1.45. The summed E-state index contributed by atoms with van der Waals surface area (Å²) in [4.78, 5) is 11.8. The topological polar surface area (TPSA) is 72.7 Å². The summed E-state index contributed by atoms with van der Waals surface area (Å²) in [5.41, 5.74) is 0.592. The molecule has 0 spiro atoms. The zero-order valence-electron chi connectivity index (χ0n) is 11.2. The molecule has 1 aliphatic carbocycles. The maximum atomic E-state index is 12.8. The molecule has 110 valence electrons. The number of anilines is 1. The van der Waals surface area contributed by atoms with Crippen molar-refractivity contribution in [1.82, 2.24) is 20.2 Å². The molecule has 0 unspecified atom stereocenters. The van der Waals surface area contributed by atoms with Crippen LogP contribution in [0.2, 0.25) is 0 Å². The SMILES string of the molecule is O=C(CCSc1nnnn1C1CC1)Nc1ccc(F)cc1. The average Bonchev–Trinajstić information content (AvgIpc) is 3.21. The van der Waals surface area contributed by atoms with Crippen molar-refractivity contribution in [2.75, 3.05) is 11.1 Å². The summed E-state index contributed by atoms with van der Waals surface area (Å²) in [6.07, 6.45) is 2.58. The van der Waals surface area contributed by atoms with Crippen molar-refractivity contribution in [3.8, 4) is 0 Å². The van der Waals surface area contributed by atoms with E-state index in [1.807, 2.05) is 4.68 Å². The number of benzene rings is 1. The summed E-state index contributed by atoms with van der Waals surface area (Å²) in [6, 6.07) is 6.13. The van der Waals surface area contributed by atoms with E-state index in [2.05, 4.69) is 20.8 Å². The lowest BCUT2D eigenvalue weighted by molar-refractivity contribution is -0.115. The van der Waals surface area contributed by atoms with Gasteiger partial charge in [0.1, 0.15) is 5.82 Å². The number of halogens is 1. The average molecular weight is 307 g/mol. The second kappa shape index (κ2) is 6.21. The third kappa shape index (κ3) is 3.78. The molecule has 0 saturated heterocycles. The number of thioether (sulfide) groups is 1. The first-order valence-electron chi connectivity index (χ1n) is 6.68. The van der Waals surface area contributed by atoms with Crippen LogP contribution in [0.25, 0.3) is 0 Å². The van der Waals surface area contributed by atoms with Crippen LogP contribution in [-0.4, -0.2) is 31.9 Å². The lowest BCUT2D eigenvalue weighted by atomic mass is 10.3. The molecule has 1 saturated carbocycles. The van der Waals surface area contributed by atoms with E-state index >= 15 is 0 Å². The molecule has 0 bridgehead atoms. The predicted molar refractivity (Wildman–Crippen MR) is 76.5 cm³/mol. The normalized spacial score (nSPS) is 14.1. The van der Waals surface area contributed by atoms with Crippen LogP contribution in [0.15, 0.2) is 29.4 Å². The molecule has 1 aromatic heterocycles. The Hall–Kier alpha value is -1.96. The maximum Gasteiger partial charge on any atom is 0.225 e. The fourth-order valence-corrected chi connectivity index (χ4v) is 2.70. The van der Waals surface area contributed by atoms with E-state index in [9.17, 15) is 9.18 Å². The number of carbonyl (C=O) groups is 1. The van der Waals surface area contributed by atoms with Crippen LogP contribution in [0, 0.1) is 5.82 Å². The number of hydrogen-bond acceptors (Lipinski definition) is 5. The van der Waals surface area contributed by atoms with Crippen molar-refractivity contribution in [3.05, 3.63) is 30.1 Å². The Kier molecular flexibility index (Phi) is 4.14. The van der Waals surface area contributed by atoms with Gasteiger partial charge in [-0.15, -0.1) is 5.10 Å². The molecule has 3 rings (SSSR count). The molecule has 2 aromatic rings. The minimum absolute atomic E-state index is 0.112. The number of nitrogens with one attached hydrogen (secondary N) is 1. The molecule has 1 N–H and O–H groups in total. The quantitative estimate of drug-likeness (QED) is 0.829.